The minimum absolute atomic E-state index is 0.176. The summed E-state index contributed by atoms with van der Waals surface area (Å²) in [6.45, 7) is 2.07. The maximum absolute atomic E-state index is 12.6. The Morgan fingerprint density at radius 1 is 1.50 bits per heavy atom. The van der Waals surface area contributed by atoms with Crippen LogP contribution < -0.4 is 5.32 Å². The maximum Gasteiger partial charge on any atom is 0.406 e. The molecule has 0 amide bonds. The summed E-state index contributed by atoms with van der Waals surface area (Å²) in [5, 5.41) is 6.60. The average molecular weight is 233 g/mol. The van der Waals surface area contributed by atoms with Gasteiger partial charge in [0.05, 0.1) is 6.20 Å². The van der Waals surface area contributed by atoms with E-state index in [2.05, 4.69) is 10.4 Å². The highest BCUT2D eigenvalue weighted by Gasteiger charge is 2.62. The van der Waals surface area contributed by atoms with Crippen LogP contribution in [0, 0.1) is 6.92 Å². The van der Waals surface area contributed by atoms with Gasteiger partial charge in [0.25, 0.3) is 0 Å². The van der Waals surface area contributed by atoms with Gasteiger partial charge in [-0.15, -0.1) is 0 Å². The molecule has 0 atom stereocenters. The molecule has 16 heavy (non-hydrogen) atoms. The Hall–Kier alpha value is -1.04. The highest BCUT2D eigenvalue weighted by molar-refractivity contribution is 5.18. The van der Waals surface area contributed by atoms with Gasteiger partial charge >= 0.3 is 6.18 Å². The lowest BCUT2D eigenvalue weighted by molar-refractivity contribution is -0.166. The number of nitrogens with zero attached hydrogens (tertiary/aromatic N) is 2. The summed E-state index contributed by atoms with van der Waals surface area (Å²) < 4.78 is 39.5. The molecule has 0 aromatic carbocycles. The van der Waals surface area contributed by atoms with Crippen LogP contribution in [0.4, 0.5) is 13.2 Å². The summed E-state index contributed by atoms with van der Waals surface area (Å²) in [7, 11) is 1.77. The van der Waals surface area contributed by atoms with Gasteiger partial charge in [0, 0.05) is 24.8 Å². The van der Waals surface area contributed by atoms with Crippen molar-refractivity contribution in [3.63, 3.8) is 0 Å². The van der Waals surface area contributed by atoms with Crippen molar-refractivity contribution in [1.82, 2.24) is 15.1 Å². The number of nitrogens with one attached hydrogen (secondary N) is 1. The fraction of sp³-hybridized carbons (Fsp3) is 0.700. The topological polar surface area (TPSA) is 29.9 Å². The average Bonchev–Trinajstić information content (AvgIpc) is 2.91. The van der Waals surface area contributed by atoms with Gasteiger partial charge in [-0.2, -0.15) is 18.3 Å². The van der Waals surface area contributed by atoms with Crippen molar-refractivity contribution in [2.45, 2.75) is 38.0 Å². The van der Waals surface area contributed by atoms with E-state index in [1.165, 1.54) is 0 Å². The molecule has 1 heterocycles. The first-order valence-corrected chi connectivity index (χ1v) is 5.15. The number of aromatic nitrogens is 2. The van der Waals surface area contributed by atoms with Crippen LogP contribution in [0.2, 0.25) is 0 Å². The molecule has 1 aliphatic carbocycles. The number of halogens is 3. The molecule has 6 heteroatoms. The molecule has 0 unspecified atom stereocenters. The van der Waals surface area contributed by atoms with Crippen LogP contribution in [0.3, 0.4) is 0 Å². The molecule has 1 aromatic heterocycles. The van der Waals surface area contributed by atoms with E-state index in [9.17, 15) is 13.2 Å². The van der Waals surface area contributed by atoms with Crippen molar-refractivity contribution >= 4 is 0 Å². The largest absolute Gasteiger partial charge is 0.406 e. The van der Waals surface area contributed by atoms with Gasteiger partial charge in [0.2, 0.25) is 0 Å². The Morgan fingerprint density at radius 3 is 2.50 bits per heavy atom. The van der Waals surface area contributed by atoms with Crippen molar-refractivity contribution in [2.24, 2.45) is 7.05 Å². The molecule has 90 valence electrons. The zero-order valence-corrected chi connectivity index (χ0v) is 9.23. The Kier molecular flexibility index (Phi) is 2.49. The first kappa shape index (κ1) is 11.4. The zero-order valence-electron chi connectivity index (χ0n) is 9.23. The second-order valence-electron chi connectivity index (χ2n) is 4.31. The highest BCUT2D eigenvalue weighted by Crippen LogP contribution is 2.49. The summed E-state index contributed by atoms with van der Waals surface area (Å²) in [6, 6.07) is 0. The van der Waals surface area contributed by atoms with Gasteiger partial charge in [-0.3, -0.25) is 10.00 Å². The summed E-state index contributed by atoms with van der Waals surface area (Å²) in [5.41, 5.74) is 0.0680. The smallest absolute Gasteiger partial charge is 0.299 e. The lowest BCUT2D eigenvalue weighted by Gasteiger charge is -2.20. The van der Waals surface area contributed by atoms with E-state index in [1.807, 2.05) is 6.92 Å². The Labute approximate surface area is 91.6 Å². The fourth-order valence-electron chi connectivity index (χ4n) is 1.67. The van der Waals surface area contributed by atoms with Crippen molar-refractivity contribution in [3.05, 3.63) is 17.5 Å². The van der Waals surface area contributed by atoms with E-state index in [0.717, 1.165) is 11.3 Å². The van der Waals surface area contributed by atoms with Crippen LogP contribution in [-0.4, -0.2) is 21.5 Å². The second-order valence-corrected chi connectivity index (χ2v) is 4.31. The van der Waals surface area contributed by atoms with Gasteiger partial charge in [-0.25, -0.2) is 0 Å². The van der Waals surface area contributed by atoms with Gasteiger partial charge in [0.1, 0.15) is 5.54 Å². The van der Waals surface area contributed by atoms with E-state index in [-0.39, 0.29) is 19.4 Å². The van der Waals surface area contributed by atoms with Crippen LogP contribution in [0.1, 0.15) is 24.1 Å². The summed E-state index contributed by atoms with van der Waals surface area (Å²) in [5.74, 6) is 0. The van der Waals surface area contributed by atoms with Crippen molar-refractivity contribution in [1.29, 1.82) is 0 Å². The molecule has 0 saturated heterocycles. The fourth-order valence-corrected chi connectivity index (χ4v) is 1.67. The van der Waals surface area contributed by atoms with Crippen LogP contribution in [0.5, 0.6) is 0 Å². The SMILES string of the molecule is Cc1c(CNC2(C(F)(F)F)CC2)cnn1C. The van der Waals surface area contributed by atoms with E-state index < -0.39 is 11.7 Å². The molecule has 1 aliphatic rings. The van der Waals surface area contributed by atoms with E-state index in [4.69, 9.17) is 0 Å². The zero-order chi connectivity index (χ0) is 12.0. The highest BCUT2D eigenvalue weighted by atomic mass is 19.4. The number of alkyl halides is 3. The first-order chi connectivity index (χ1) is 7.36. The van der Waals surface area contributed by atoms with Crippen LogP contribution in [0.25, 0.3) is 0 Å². The van der Waals surface area contributed by atoms with Gasteiger partial charge in [-0.05, 0) is 19.8 Å². The number of hydrogen-bond acceptors (Lipinski definition) is 2. The maximum atomic E-state index is 12.6. The lowest BCUT2D eigenvalue weighted by atomic mass is 10.2. The third-order valence-electron chi connectivity index (χ3n) is 3.25. The second kappa shape index (κ2) is 3.48. The number of hydrogen-bond donors (Lipinski definition) is 1. The lowest BCUT2D eigenvalue weighted by Crippen LogP contribution is -2.44. The molecule has 0 bridgehead atoms. The normalized spacial score (nSPS) is 18.8. The molecule has 1 fully saturated rings. The third kappa shape index (κ3) is 1.81. The molecule has 1 saturated carbocycles. The van der Waals surface area contributed by atoms with E-state index in [1.54, 1.807) is 17.9 Å². The Morgan fingerprint density at radius 2 is 2.12 bits per heavy atom. The predicted molar refractivity (Wildman–Crippen MR) is 52.8 cm³/mol. The molecule has 3 nitrogen and oxygen atoms in total. The van der Waals surface area contributed by atoms with Crippen LogP contribution in [0.15, 0.2) is 6.20 Å². The van der Waals surface area contributed by atoms with Crippen LogP contribution in [-0.2, 0) is 13.6 Å². The summed E-state index contributed by atoms with van der Waals surface area (Å²) in [6.07, 6.45) is -2.19. The predicted octanol–water partition coefficient (Wildman–Crippen LogP) is 1.91. The Bertz CT molecular complexity index is 391. The van der Waals surface area contributed by atoms with Gasteiger partial charge in [0.15, 0.2) is 0 Å². The standard InChI is InChI=1S/C10H14F3N3/c1-7-8(6-15-16(7)2)5-14-9(3-4-9)10(11,12)13/h6,14H,3-5H2,1-2H3. The summed E-state index contributed by atoms with van der Waals surface area (Å²) in [4.78, 5) is 0. The number of aryl methyl sites for hydroxylation is 1. The number of rotatable bonds is 3. The molecular formula is C10H14F3N3. The van der Waals surface area contributed by atoms with Gasteiger partial charge < -0.3 is 0 Å². The molecule has 1 aromatic rings. The van der Waals surface area contributed by atoms with E-state index in [0.29, 0.717) is 0 Å². The monoisotopic (exact) mass is 233 g/mol. The molecule has 2 rings (SSSR count). The minimum atomic E-state index is -4.15. The van der Waals surface area contributed by atoms with Crippen LogP contribution >= 0.6 is 0 Å². The van der Waals surface area contributed by atoms with Crippen molar-refractivity contribution in [3.8, 4) is 0 Å². The van der Waals surface area contributed by atoms with Crippen molar-refractivity contribution < 1.29 is 13.2 Å². The quantitative estimate of drug-likeness (QED) is 0.864. The summed E-state index contributed by atoms with van der Waals surface area (Å²) >= 11 is 0. The molecule has 0 aliphatic heterocycles. The Balaban J connectivity index is 2.01. The van der Waals surface area contributed by atoms with Crippen molar-refractivity contribution in [2.75, 3.05) is 0 Å². The minimum Gasteiger partial charge on any atom is -0.299 e. The molecular weight excluding hydrogens is 219 g/mol. The molecule has 1 N–H and O–H groups in total. The molecule has 0 radical (unpaired) electrons. The van der Waals surface area contributed by atoms with Gasteiger partial charge in [-0.1, -0.05) is 0 Å². The molecule has 0 spiro atoms. The first-order valence-electron chi connectivity index (χ1n) is 5.15. The van der Waals surface area contributed by atoms with E-state index >= 15 is 0 Å². The third-order valence-corrected chi connectivity index (χ3v) is 3.25.